The molecule has 1 aromatic rings. The second-order valence-electron chi connectivity index (χ2n) is 4.13. The number of aliphatic hydroxyl groups is 1. The van der Waals surface area contributed by atoms with Gasteiger partial charge in [0, 0.05) is 5.02 Å². The van der Waals surface area contributed by atoms with Crippen molar-refractivity contribution in [2.45, 2.75) is 38.7 Å². The second-order valence-corrected chi connectivity index (χ2v) is 4.57. The summed E-state index contributed by atoms with van der Waals surface area (Å²) in [5.41, 5.74) is -0.996. The normalized spacial score (nSPS) is 16.9. The molecule has 0 aliphatic rings. The molecule has 0 aromatic heterocycles. The summed E-state index contributed by atoms with van der Waals surface area (Å²) in [4.78, 5) is 0. The van der Waals surface area contributed by atoms with Crippen LogP contribution in [0.3, 0.4) is 0 Å². The lowest BCUT2D eigenvalue weighted by Gasteiger charge is -2.35. The maximum Gasteiger partial charge on any atom is 0.244 e. The molecule has 2 atom stereocenters. The van der Waals surface area contributed by atoms with Gasteiger partial charge in [-0.15, -0.1) is 0 Å². The standard InChI is InChI=1S/C13H17ClF2O/c1-3-11(12(15)16)13(17,4-2)9-5-7-10(14)8-6-9/h5-8,11-12,17H,3-4H2,1-2H3. The van der Waals surface area contributed by atoms with E-state index in [1.807, 2.05) is 0 Å². The van der Waals surface area contributed by atoms with Crippen molar-refractivity contribution in [3.8, 4) is 0 Å². The Morgan fingerprint density at radius 3 is 2.12 bits per heavy atom. The molecule has 0 bridgehead atoms. The van der Waals surface area contributed by atoms with Crippen LogP contribution in [-0.2, 0) is 5.60 Å². The van der Waals surface area contributed by atoms with E-state index in [-0.39, 0.29) is 12.8 Å². The fourth-order valence-corrected chi connectivity index (χ4v) is 2.27. The third-order valence-corrected chi connectivity index (χ3v) is 3.49. The summed E-state index contributed by atoms with van der Waals surface area (Å²) in [6.07, 6.45) is -2.07. The van der Waals surface area contributed by atoms with Crippen molar-refractivity contribution in [3.05, 3.63) is 34.9 Å². The van der Waals surface area contributed by atoms with Gasteiger partial charge >= 0.3 is 0 Å². The maximum atomic E-state index is 13.0. The third-order valence-electron chi connectivity index (χ3n) is 3.24. The molecule has 1 N–H and O–H groups in total. The summed E-state index contributed by atoms with van der Waals surface area (Å²) in [5, 5.41) is 11.0. The Hall–Kier alpha value is -0.670. The van der Waals surface area contributed by atoms with Crippen molar-refractivity contribution in [1.82, 2.24) is 0 Å². The van der Waals surface area contributed by atoms with E-state index in [0.717, 1.165) is 0 Å². The van der Waals surface area contributed by atoms with E-state index < -0.39 is 17.9 Å². The van der Waals surface area contributed by atoms with Crippen molar-refractivity contribution in [2.75, 3.05) is 0 Å². The van der Waals surface area contributed by atoms with Gasteiger partial charge in [0.1, 0.15) is 0 Å². The predicted molar refractivity (Wildman–Crippen MR) is 65.4 cm³/mol. The highest BCUT2D eigenvalue weighted by molar-refractivity contribution is 6.30. The molecule has 96 valence electrons. The summed E-state index contributed by atoms with van der Waals surface area (Å²) in [6.45, 7) is 3.37. The largest absolute Gasteiger partial charge is 0.385 e. The quantitative estimate of drug-likeness (QED) is 0.842. The summed E-state index contributed by atoms with van der Waals surface area (Å²) >= 11 is 5.75. The molecule has 17 heavy (non-hydrogen) atoms. The second kappa shape index (κ2) is 5.78. The van der Waals surface area contributed by atoms with Crippen LogP contribution in [0.4, 0.5) is 8.78 Å². The Balaban J connectivity index is 3.14. The van der Waals surface area contributed by atoms with E-state index in [4.69, 9.17) is 11.6 Å². The molecular formula is C13H17ClF2O. The van der Waals surface area contributed by atoms with Gasteiger partial charge in [0.05, 0.1) is 11.5 Å². The van der Waals surface area contributed by atoms with Gasteiger partial charge in [-0.05, 0) is 30.5 Å². The Labute approximate surface area is 105 Å². The summed E-state index contributed by atoms with van der Waals surface area (Å²) in [6, 6.07) is 6.43. The molecule has 1 rings (SSSR count). The average Bonchev–Trinajstić information content (AvgIpc) is 2.29. The SMILES string of the molecule is CCC(C(F)F)C(O)(CC)c1ccc(Cl)cc1. The summed E-state index contributed by atoms with van der Waals surface area (Å²) < 4.78 is 25.9. The Bertz CT molecular complexity index is 353. The minimum Gasteiger partial charge on any atom is -0.385 e. The smallest absolute Gasteiger partial charge is 0.244 e. The van der Waals surface area contributed by atoms with Gasteiger partial charge in [0.15, 0.2) is 0 Å². The van der Waals surface area contributed by atoms with Gasteiger partial charge in [-0.25, -0.2) is 8.78 Å². The highest BCUT2D eigenvalue weighted by atomic mass is 35.5. The van der Waals surface area contributed by atoms with Crippen LogP contribution in [0.25, 0.3) is 0 Å². The van der Waals surface area contributed by atoms with Gasteiger partial charge in [0.25, 0.3) is 0 Å². The predicted octanol–water partition coefficient (Wildman–Crippen LogP) is 4.23. The Morgan fingerprint density at radius 1 is 1.24 bits per heavy atom. The lowest BCUT2D eigenvalue weighted by Crippen LogP contribution is -2.38. The first-order chi connectivity index (χ1) is 7.95. The highest BCUT2D eigenvalue weighted by Crippen LogP contribution is 2.38. The van der Waals surface area contributed by atoms with E-state index in [9.17, 15) is 13.9 Å². The van der Waals surface area contributed by atoms with Crippen molar-refractivity contribution < 1.29 is 13.9 Å². The zero-order valence-electron chi connectivity index (χ0n) is 9.96. The fourth-order valence-electron chi connectivity index (χ4n) is 2.14. The van der Waals surface area contributed by atoms with Gasteiger partial charge in [-0.1, -0.05) is 37.6 Å². The molecule has 0 aliphatic heterocycles. The van der Waals surface area contributed by atoms with Crippen molar-refractivity contribution in [2.24, 2.45) is 5.92 Å². The van der Waals surface area contributed by atoms with Crippen LogP contribution in [0.2, 0.25) is 5.02 Å². The molecule has 0 radical (unpaired) electrons. The first kappa shape index (κ1) is 14.4. The highest BCUT2D eigenvalue weighted by Gasteiger charge is 2.41. The molecule has 1 nitrogen and oxygen atoms in total. The lowest BCUT2D eigenvalue weighted by molar-refractivity contribution is -0.0944. The number of rotatable bonds is 5. The molecule has 0 aliphatic carbocycles. The first-order valence-corrected chi connectivity index (χ1v) is 6.10. The first-order valence-electron chi connectivity index (χ1n) is 5.72. The molecular weight excluding hydrogens is 246 g/mol. The Morgan fingerprint density at radius 2 is 1.76 bits per heavy atom. The number of hydrogen-bond acceptors (Lipinski definition) is 1. The molecule has 0 heterocycles. The van der Waals surface area contributed by atoms with E-state index in [1.165, 1.54) is 0 Å². The molecule has 2 unspecified atom stereocenters. The van der Waals surface area contributed by atoms with Crippen molar-refractivity contribution in [1.29, 1.82) is 0 Å². The molecule has 0 fully saturated rings. The van der Waals surface area contributed by atoms with Crippen LogP contribution in [0.5, 0.6) is 0 Å². The van der Waals surface area contributed by atoms with E-state index in [0.29, 0.717) is 10.6 Å². The van der Waals surface area contributed by atoms with E-state index >= 15 is 0 Å². The molecule has 0 saturated heterocycles. The van der Waals surface area contributed by atoms with Crippen LogP contribution in [0.15, 0.2) is 24.3 Å². The van der Waals surface area contributed by atoms with Crippen LogP contribution in [-0.4, -0.2) is 11.5 Å². The van der Waals surface area contributed by atoms with Crippen LogP contribution in [0, 0.1) is 5.92 Å². The molecule has 0 amide bonds. The zero-order valence-corrected chi connectivity index (χ0v) is 10.7. The number of benzene rings is 1. The molecule has 4 heteroatoms. The topological polar surface area (TPSA) is 20.2 Å². The van der Waals surface area contributed by atoms with Gasteiger partial charge in [-0.2, -0.15) is 0 Å². The van der Waals surface area contributed by atoms with E-state index in [2.05, 4.69) is 0 Å². The molecule has 0 saturated carbocycles. The summed E-state index contributed by atoms with van der Waals surface area (Å²) in [5.74, 6) is -1.06. The maximum absolute atomic E-state index is 13.0. The molecule has 0 spiro atoms. The fraction of sp³-hybridized carbons (Fsp3) is 0.538. The minimum atomic E-state index is -2.54. The minimum absolute atomic E-state index is 0.227. The van der Waals surface area contributed by atoms with Gasteiger partial charge < -0.3 is 5.11 Å². The summed E-state index contributed by atoms with van der Waals surface area (Å²) in [7, 11) is 0. The van der Waals surface area contributed by atoms with Crippen molar-refractivity contribution in [3.63, 3.8) is 0 Å². The average molecular weight is 263 g/mol. The van der Waals surface area contributed by atoms with Crippen LogP contribution in [0.1, 0.15) is 32.3 Å². The Kier molecular flexibility index (Phi) is 4.90. The third kappa shape index (κ3) is 2.96. The van der Waals surface area contributed by atoms with Gasteiger partial charge in [0.2, 0.25) is 6.43 Å². The monoisotopic (exact) mass is 262 g/mol. The van der Waals surface area contributed by atoms with Gasteiger partial charge in [-0.3, -0.25) is 0 Å². The van der Waals surface area contributed by atoms with Crippen LogP contribution < -0.4 is 0 Å². The number of hydrogen-bond donors (Lipinski definition) is 1. The van der Waals surface area contributed by atoms with Crippen LogP contribution >= 0.6 is 11.6 Å². The van der Waals surface area contributed by atoms with E-state index in [1.54, 1.807) is 38.1 Å². The van der Waals surface area contributed by atoms with Crippen molar-refractivity contribution >= 4 is 11.6 Å². The zero-order chi connectivity index (χ0) is 13.1. The molecule has 1 aromatic carbocycles. The number of halogens is 3. The lowest BCUT2D eigenvalue weighted by atomic mass is 9.78. The number of alkyl halides is 2.